The average Bonchev–Trinajstić information content (AvgIpc) is 2.79. The van der Waals surface area contributed by atoms with Gasteiger partial charge in [0.25, 0.3) is 0 Å². The second-order valence-corrected chi connectivity index (χ2v) is 12.2. The molecule has 2 rings (SSSR count). The zero-order chi connectivity index (χ0) is 29.0. The molecule has 1 unspecified atom stereocenters. The van der Waals surface area contributed by atoms with Crippen LogP contribution >= 0.6 is 34.8 Å². The number of halogens is 6. The fourth-order valence-electron chi connectivity index (χ4n) is 3.34. The number of hydrogen-bond donors (Lipinski definition) is 1. The lowest BCUT2D eigenvalue weighted by Gasteiger charge is -2.32. The molecule has 0 saturated heterocycles. The summed E-state index contributed by atoms with van der Waals surface area (Å²) in [4.78, 5) is 27.5. The van der Waals surface area contributed by atoms with E-state index in [1.54, 1.807) is 6.07 Å². The van der Waals surface area contributed by atoms with Crippen molar-refractivity contribution in [3.05, 3.63) is 62.6 Å². The highest BCUT2D eigenvalue weighted by atomic mass is 35.5. The van der Waals surface area contributed by atoms with Crippen molar-refractivity contribution in [2.24, 2.45) is 5.92 Å². The zero-order valence-electron chi connectivity index (χ0n) is 20.9. The standard InChI is InChI=1S/C24H27Cl3F3N3O4S/c1-14(2)11-31-23(35)15(3)32(12-16-5-7-18(25)10-20(16)27)22(34)13-33(38(4,36)37)21-9-17(24(28,29)30)6-8-19(21)26/h5-10,14-15H,11-13H2,1-4H3,(H,31,35). The number of nitrogens with one attached hydrogen (secondary N) is 1. The number of rotatable bonds is 10. The summed E-state index contributed by atoms with van der Waals surface area (Å²) in [7, 11) is -4.30. The molecule has 0 aliphatic heterocycles. The van der Waals surface area contributed by atoms with Crippen LogP contribution in [-0.2, 0) is 32.3 Å². The molecule has 210 valence electrons. The summed E-state index contributed by atoms with van der Waals surface area (Å²) >= 11 is 18.3. The molecule has 1 N–H and O–H groups in total. The Bertz CT molecular complexity index is 1290. The van der Waals surface area contributed by atoms with Crippen LogP contribution in [-0.4, -0.2) is 50.5 Å². The molecule has 0 bridgehead atoms. The molecule has 7 nitrogen and oxygen atoms in total. The Kier molecular flexibility index (Phi) is 10.7. The van der Waals surface area contributed by atoms with Gasteiger partial charge in [-0.2, -0.15) is 13.2 Å². The third-order valence-corrected chi connectivity index (χ3v) is 7.46. The summed E-state index contributed by atoms with van der Waals surface area (Å²) in [6.45, 7) is 4.39. The van der Waals surface area contributed by atoms with Gasteiger partial charge in [-0.25, -0.2) is 8.42 Å². The quantitative estimate of drug-likeness (QED) is 0.376. The molecule has 14 heteroatoms. The molecular weight excluding hydrogens is 590 g/mol. The average molecular weight is 617 g/mol. The van der Waals surface area contributed by atoms with Crippen LogP contribution in [0.1, 0.15) is 31.9 Å². The smallest absolute Gasteiger partial charge is 0.354 e. The van der Waals surface area contributed by atoms with E-state index in [4.69, 9.17) is 34.8 Å². The van der Waals surface area contributed by atoms with Crippen molar-refractivity contribution < 1.29 is 31.2 Å². The third kappa shape index (κ3) is 8.65. The Labute approximate surface area is 234 Å². The molecule has 0 radical (unpaired) electrons. The summed E-state index contributed by atoms with van der Waals surface area (Å²) in [5.41, 5.74) is -1.26. The third-order valence-electron chi connectivity index (χ3n) is 5.43. The molecule has 1 atom stereocenters. The molecule has 38 heavy (non-hydrogen) atoms. The fourth-order valence-corrected chi connectivity index (χ4v) is 4.93. The van der Waals surface area contributed by atoms with E-state index in [1.165, 1.54) is 19.1 Å². The lowest BCUT2D eigenvalue weighted by Crippen LogP contribution is -2.51. The van der Waals surface area contributed by atoms with E-state index in [-0.39, 0.29) is 22.5 Å². The van der Waals surface area contributed by atoms with Crippen molar-refractivity contribution in [3.63, 3.8) is 0 Å². The van der Waals surface area contributed by atoms with Gasteiger partial charge in [0.05, 0.1) is 22.5 Å². The highest BCUT2D eigenvalue weighted by Crippen LogP contribution is 2.36. The van der Waals surface area contributed by atoms with Gasteiger partial charge < -0.3 is 10.2 Å². The Morgan fingerprint density at radius 3 is 2.16 bits per heavy atom. The Balaban J connectivity index is 2.51. The maximum atomic E-state index is 13.5. The molecule has 0 aliphatic rings. The molecular formula is C24H27Cl3F3N3O4S. The number of carbonyl (C=O) groups is 2. The van der Waals surface area contributed by atoms with Crippen LogP contribution in [0.25, 0.3) is 0 Å². The number of carbonyl (C=O) groups excluding carboxylic acids is 2. The number of benzene rings is 2. The van der Waals surface area contributed by atoms with Crippen LogP contribution in [0.3, 0.4) is 0 Å². The van der Waals surface area contributed by atoms with Crippen molar-refractivity contribution in [2.45, 2.75) is 39.5 Å². The second kappa shape index (κ2) is 12.8. The minimum atomic E-state index is -4.78. The normalized spacial score (nSPS) is 12.8. The predicted molar refractivity (Wildman–Crippen MR) is 143 cm³/mol. The first kappa shape index (κ1) is 32.0. The summed E-state index contributed by atoms with van der Waals surface area (Å²) < 4.78 is 65.7. The first-order chi connectivity index (χ1) is 17.4. The van der Waals surface area contributed by atoms with E-state index < -0.39 is 51.9 Å². The van der Waals surface area contributed by atoms with Crippen LogP contribution in [0.5, 0.6) is 0 Å². The van der Waals surface area contributed by atoms with Crippen molar-refractivity contribution >= 4 is 62.3 Å². The molecule has 0 spiro atoms. The van der Waals surface area contributed by atoms with E-state index >= 15 is 0 Å². The molecule has 0 fully saturated rings. The number of alkyl halides is 3. The van der Waals surface area contributed by atoms with Gasteiger partial charge in [0, 0.05) is 23.1 Å². The maximum Gasteiger partial charge on any atom is 0.416 e. The summed E-state index contributed by atoms with van der Waals surface area (Å²) in [6.07, 6.45) is -4.05. The van der Waals surface area contributed by atoms with Crippen molar-refractivity contribution in [3.8, 4) is 0 Å². The van der Waals surface area contributed by atoms with Gasteiger partial charge in [-0.3, -0.25) is 13.9 Å². The minimum Gasteiger partial charge on any atom is -0.354 e. The Hall–Kier alpha value is -2.21. The van der Waals surface area contributed by atoms with Gasteiger partial charge in [0.2, 0.25) is 21.8 Å². The van der Waals surface area contributed by atoms with Crippen molar-refractivity contribution in [2.75, 3.05) is 23.7 Å². The number of anilines is 1. The topological polar surface area (TPSA) is 86.8 Å². The highest BCUT2D eigenvalue weighted by molar-refractivity contribution is 7.92. The van der Waals surface area contributed by atoms with Crippen LogP contribution in [0.15, 0.2) is 36.4 Å². The molecule has 0 heterocycles. The number of sulfonamides is 1. The first-order valence-corrected chi connectivity index (χ1v) is 14.3. The summed E-state index contributed by atoms with van der Waals surface area (Å²) in [5.74, 6) is -1.27. The zero-order valence-corrected chi connectivity index (χ0v) is 24.0. The van der Waals surface area contributed by atoms with E-state index in [2.05, 4.69) is 5.32 Å². The Morgan fingerprint density at radius 2 is 1.63 bits per heavy atom. The lowest BCUT2D eigenvalue weighted by atomic mass is 10.1. The number of hydrogen-bond acceptors (Lipinski definition) is 4. The minimum absolute atomic E-state index is 0.116. The van der Waals surface area contributed by atoms with Crippen LogP contribution in [0, 0.1) is 5.92 Å². The molecule has 0 aliphatic carbocycles. The second-order valence-electron chi connectivity index (χ2n) is 9.01. The number of nitrogens with zero attached hydrogens (tertiary/aromatic N) is 2. The van der Waals surface area contributed by atoms with Crippen molar-refractivity contribution in [1.82, 2.24) is 10.2 Å². The van der Waals surface area contributed by atoms with Crippen molar-refractivity contribution in [1.29, 1.82) is 0 Å². The summed E-state index contributed by atoms with van der Waals surface area (Å²) in [5, 5.41) is 2.93. The summed E-state index contributed by atoms with van der Waals surface area (Å²) in [6, 6.07) is 5.57. The SMILES string of the molecule is CC(C)CNC(=O)C(C)N(Cc1ccc(Cl)cc1Cl)C(=O)CN(c1cc(C(F)(F)F)ccc1Cl)S(C)(=O)=O. The fraction of sp³-hybridized carbons (Fsp3) is 0.417. The molecule has 2 amide bonds. The predicted octanol–water partition coefficient (Wildman–Crippen LogP) is 5.62. The van der Waals surface area contributed by atoms with Gasteiger partial charge in [0.1, 0.15) is 12.6 Å². The van der Waals surface area contributed by atoms with Crippen LogP contribution in [0.2, 0.25) is 15.1 Å². The monoisotopic (exact) mass is 615 g/mol. The van der Waals surface area contributed by atoms with Gasteiger partial charge in [-0.05, 0) is 48.7 Å². The first-order valence-electron chi connectivity index (χ1n) is 11.3. The molecule has 2 aromatic rings. The lowest BCUT2D eigenvalue weighted by molar-refractivity contribution is -0.139. The molecule has 0 saturated carbocycles. The largest absolute Gasteiger partial charge is 0.416 e. The van der Waals surface area contributed by atoms with Gasteiger partial charge >= 0.3 is 6.18 Å². The van der Waals surface area contributed by atoms with E-state index in [9.17, 15) is 31.2 Å². The van der Waals surface area contributed by atoms with Crippen LogP contribution in [0.4, 0.5) is 18.9 Å². The highest BCUT2D eigenvalue weighted by Gasteiger charge is 2.34. The molecule has 2 aromatic carbocycles. The number of amides is 2. The van der Waals surface area contributed by atoms with E-state index in [1.807, 2.05) is 13.8 Å². The van der Waals surface area contributed by atoms with E-state index in [0.29, 0.717) is 33.6 Å². The maximum absolute atomic E-state index is 13.5. The van der Waals surface area contributed by atoms with Crippen LogP contribution < -0.4 is 9.62 Å². The molecule has 0 aromatic heterocycles. The van der Waals surface area contributed by atoms with E-state index in [0.717, 1.165) is 17.2 Å². The Morgan fingerprint density at radius 1 is 1.00 bits per heavy atom. The van der Waals surface area contributed by atoms with Gasteiger partial charge in [-0.1, -0.05) is 54.7 Å². The van der Waals surface area contributed by atoms with Gasteiger partial charge in [-0.15, -0.1) is 0 Å². The van der Waals surface area contributed by atoms with Gasteiger partial charge in [0.15, 0.2) is 0 Å².